The van der Waals surface area contributed by atoms with Gasteiger partial charge in [0.2, 0.25) is 0 Å². The lowest BCUT2D eigenvalue weighted by molar-refractivity contribution is -0.122. The molecule has 2 aromatic carbocycles. The summed E-state index contributed by atoms with van der Waals surface area (Å²) in [6, 6.07) is 7.48. The Hall–Kier alpha value is -1.91. The summed E-state index contributed by atoms with van der Waals surface area (Å²) >= 11 is 12.2. The number of aryl methyl sites for hydroxylation is 1. The van der Waals surface area contributed by atoms with Gasteiger partial charge in [-0.2, -0.15) is 0 Å². The SMILES string of the molecule is CCC(Oc1ccc(C)cc1C(C)(C)CC)C(=O)Nc1cc(Cl)c(C)c(Cl)c1O. The van der Waals surface area contributed by atoms with Gasteiger partial charge >= 0.3 is 0 Å². The largest absolute Gasteiger partial charge is 0.504 e. The number of hydrogen-bond donors (Lipinski definition) is 2. The lowest BCUT2D eigenvalue weighted by Gasteiger charge is -2.28. The molecule has 0 spiro atoms. The van der Waals surface area contributed by atoms with E-state index in [1.165, 1.54) is 6.07 Å². The van der Waals surface area contributed by atoms with Crippen molar-refractivity contribution in [2.45, 2.75) is 65.9 Å². The molecule has 0 aromatic heterocycles. The topological polar surface area (TPSA) is 58.6 Å². The van der Waals surface area contributed by atoms with Crippen LogP contribution in [0.1, 0.15) is 57.2 Å². The number of anilines is 1. The lowest BCUT2D eigenvalue weighted by Crippen LogP contribution is -2.33. The van der Waals surface area contributed by atoms with E-state index in [1.807, 2.05) is 26.0 Å². The maximum absolute atomic E-state index is 12.9. The van der Waals surface area contributed by atoms with Gasteiger partial charge in [-0.1, -0.05) is 68.6 Å². The summed E-state index contributed by atoms with van der Waals surface area (Å²) in [5.74, 6) is 0.105. The van der Waals surface area contributed by atoms with Gasteiger partial charge in [-0.05, 0) is 49.8 Å². The van der Waals surface area contributed by atoms with Crippen LogP contribution in [0.2, 0.25) is 10.0 Å². The number of halogens is 2. The zero-order valence-corrected chi connectivity index (χ0v) is 19.3. The smallest absolute Gasteiger partial charge is 0.265 e. The Bertz CT molecular complexity index is 909. The van der Waals surface area contributed by atoms with E-state index in [-0.39, 0.29) is 27.8 Å². The van der Waals surface area contributed by atoms with Crippen LogP contribution in [0.3, 0.4) is 0 Å². The number of nitrogens with one attached hydrogen (secondary N) is 1. The first kappa shape index (κ1) is 23.4. The zero-order chi connectivity index (χ0) is 21.9. The van der Waals surface area contributed by atoms with Crippen molar-refractivity contribution < 1.29 is 14.6 Å². The number of ether oxygens (including phenoxy) is 1. The number of phenolic OH excluding ortho intramolecular Hbond substituents is 1. The standard InChI is InChI=1S/C23H29Cl2NO3/c1-7-18(22(28)26-17-12-16(24)14(4)20(25)21(17)27)29-19-10-9-13(3)11-15(19)23(5,6)8-2/h9-12,18,27H,7-8H2,1-6H3,(H,26,28). The van der Waals surface area contributed by atoms with Gasteiger partial charge in [-0.25, -0.2) is 0 Å². The quantitative estimate of drug-likeness (QED) is 0.468. The molecule has 2 aromatic rings. The van der Waals surface area contributed by atoms with Crippen molar-refractivity contribution >= 4 is 34.8 Å². The molecule has 158 valence electrons. The van der Waals surface area contributed by atoms with Crippen molar-refractivity contribution in [1.29, 1.82) is 0 Å². The molecule has 2 N–H and O–H groups in total. The summed E-state index contributed by atoms with van der Waals surface area (Å²) in [4.78, 5) is 12.9. The Morgan fingerprint density at radius 2 is 1.86 bits per heavy atom. The van der Waals surface area contributed by atoms with Crippen molar-refractivity contribution in [3.63, 3.8) is 0 Å². The first-order valence-electron chi connectivity index (χ1n) is 9.78. The number of carbonyl (C=O) groups excluding carboxylic acids is 1. The van der Waals surface area contributed by atoms with Gasteiger partial charge in [0.15, 0.2) is 11.9 Å². The molecule has 0 heterocycles. The molecule has 0 aliphatic carbocycles. The van der Waals surface area contributed by atoms with Crippen LogP contribution >= 0.6 is 23.2 Å². The molecule has 1 unspecified atom stereocenters. The highest BCUT2D eigenvalue weighted by Crippen LogP contribution is 2.39. The summed E-state index contributed by atoms with van der Waals surface area (Å²) in [5, 5.41) is 13.4. The Morgan fingerprint density at radius 1 is 1.21 bits per heavy atom. The highest BCUT2D eigenvalue weighted by molar-refractivity contribution is 6.37. The van der Waals surface area contributed by atoms with Crippen LogP contribution in [0, 0.1) is 13.8 Å². The molecule has 0 fully saturated rings. The van der Waals surface area contributed by atoms with E-state index in [0.717, 1.165) is 17.5 Å². The predicted molar refractivity (Wildman–Crippen MR) is 121 cm³/mol. The fourth-order valence-electron chi connectivity index (χ4n) is 2.95. The zero-order valence-electron chi connectivity index (χ0n) is 17.8. The van der Waals surface area contributed by atoms with E-state index in [2.05, 4.69) is 32.2 Å². The Morgan fingerprint density at radius 3 is 2.45 bits per heavy atom. The van der Waals surface area contributed by atoms with Crippen molar-refractivity contribution in [2.24, 2.45) is 0 Å². The van der Waals surface area contributed by atoms with Crippen molar-refractivity contribution in [2.75, 3.05) is 5.32 Å². The van der Waals surface area contributed by atoms with Gasteiger partial charge in [0, 0.05) is 10.6 Å². The number of hydrogen-bond acceptors (Lipinski definition) is 3. The van der Waals surface area contributed by atoms with Crippen LogP contribution in [-0.4, -0.2) is 17.1 Å². The molecule has 0 saturated heterocycles. The van der Waals surface area contributed by atoms with Gasteiger partial charge < -0.3 is 15.2 Å². The van der Waals surface area contributed by atoms with E-state index in [4.69, 9.17) is 27.9 Å². The van der Waals surface area contributed by atoms with Crippen molar-refractivity contribution in [3.05, 3.63) is 51.0 Å². The van der Waals surface area contributed by atoms with E-state index in [9.17, 15) is 9.90 Å². The summed E-state index contributed by atoms with van der Waals surface area (Å²) in [7, 11) is 0. The Labute approximate surface area is 183 Å². The van der Waals surface area contributed by atoms with Crippen LogP contribution in [0.5, 0.6) is 11.5 Å². The number of aromatic hydroxyl groups is 1. The van der Waals surface area contributed by atoms with Crippen LogP contribution in [-0.2, 0) is 10.2 Å². The Kier molecular flexibility index (Phi) is 7.47. The summed E-state index contributed by atoms with van der Waals surface area (Å²) < 4.78 is 6.14. The van der Waals surface area contributed by atoms with Crippen LogP contribution in [0.4, 0.5) is 5.69 Å². The van der Waals surface area contributed by atoms with Crippen LogP contribution < -0.4 is 10.1 Å². The molecule has 6 heteroatoms. The summed E-state index contributed by atoms with van der Waals surface area (Å²) in [6.45, 7) is 12.1. The molecular weight excluding hydrogens is 409 g/mol. The molecule has 1 amide bonds. The van der Waals surface area contributed by atoms with E-state index >= 15 is 0 Å². The van der Waals surface area contributed by atoms with E-state index in [0.29, 0.717) is 22.8 Å². The molecule has 2 rings (SSSR count). The summed E-state index contributed by atoms with van der Waals surface area (Å²) in [5.41, 5.74) is 2.83. The second-order valence-corrected chi connectivity index (χ2v) is 8.72. The van der Waals surface area contributed by atoms with E-state index < -0.39 is 6.10 Å². The monoisotopic (exact) mass is 437 g/mol. The fourth-order valence-corrected chi connectivity index (χ4v) is 3.41. The number of rotatable bonds is 7. The van der Waals surface area contributed by atoms with Crippen molar-refractivity contribution in [1.82, 2.24) is 0 Å². The predicted octanol–water partition coefficient (Wildman–Crippen LogP) is 6.80. The molecule has 4 nitrogen and oxygen atoms in total. The fraction of sp³-hybridized carbons (Fsp3) is 0.435. The average Bonchev–Trinajstić information content (AvgIpc) is 2.69. The third kappa shape index (κ3) is 5.18. The highest BCUT2D eigenvalue weighted by atomic mass is 35.5. The first-order valence-corrected chi connectivity index (χ1v) is 10.5. The van der Waals surface area contributed by atoms with Gasteiger partial charge in [-0.15, -0.1) is 0 Å². The van der Waals surface area contributed by atoms with Crippen LogP contribution in [0.25, 0.3) is 0 Å². The molecular formula is C23H29Cl2NO3. The van der Waals surface area contributed by atoms with Gasteiger partial charge in [0.1, 0.15) is 5.75 Å². The Balaban J connectivity index is 2.31. The third-order valence-corrected chi connectivity index (χ3v) is 6.22. The molecule has 0 saturated carbocycles. The lowest BCUT2D eigenvalue weighted by atomic mass is 9.81. The number of benzene rings is 2. The normalized spacial score (nSPS) is 12.6. The third-order valence-electron chi connectivity index (χ3n) is 5.36. The molecule has 0 aliphatic heterocycles. The number of carbonyl (C=O) groups is 1. The maximum Gasteiger partial charge on any atom is 0.265 e. The number of phenols is 1. The maximum atomic E-state index is 12.9. The molecule has 0 bridgehead atoms. The van der Waals surface area contributed by atoms with Gasteiger partial charge in [0.05, 0.1) is 10.7 Å². The average molecular weight is 438 g/mol. The molecule has 29 heavy (non-hydrogen) atoms. The minimum absolute atomic E-state index is 0.0909. The minimum Gasteiger partial charge on any atom is -0.504 e. The highest BCUT2D eigenvalue weighted by Gasteiger charge is 2.27. The molecule has 0 aliphatic rings. The molecule has 0 radical (unpaired) electrons. The summed E-state index contributed by atoms with van der Waals surface area (Å²) in [6.07, 6.45) is 0.659. The van der Waals surface area contributed by atoms with Crippen LogP contribution in [0.15, 0.2) is 24.3 Å². The van der Waals surface area contributed by atoms with Gasteiger partial charge in [-0.3, -0.25) is 4.79 Å². The second-order valence-electron chi connectivity index (χ2n) is 7.93. The minimum atomic E-state index is -0.734. The van der Waals surface area contributed by atoms with Crippen molar-refractivity contribution in [3.8, 4) is 11.5 Å². The van der Waals surface area contributed by atoms with Gasteiger partial charge in [0.25, 0.3) is 5.91 Å². The second kappa shape index (κ2) is 9.27. The first-order chi connectivity index (χ1) is 13.5. The molecule has 1 atom stereocenters. The van der Waals surface area contributed by atoms with E-state index in [1.54, 1.807) is 6.92 Å². The number of amides is 1.